The van der Waals surface area contributed by atoms with E-state index in [-0.39, 0.29) is 44.6 Å². The average Bonchev–Trinajstić information content (AvgIpc) is 1.40. The molecule has 0 N–H and O–H groups in total. The van der Waals surface area contributed by atoms with Gasteiger partial charge in [-0.05, 0) is 249 Å². The van der Waals surface area contributed by atoms with Gasteiger partial charge in [0.2, 0.25) is 0 Å². The second-order valence-electron chi connectivity index (χ2n) is 37.2. The van der Waals surface area contributed by atoms with Gasteiger partial charge < -0.3 is 18.9 Å². The van der Waals surface area contributed by atoms with Crippen molar-refractivity contribution in [3.05, 3.63) is 282 Å². The van der Waals surface area contributed by atoms with Gasteiger partial charge in [-0.2, -0.15) is 0 Å². The van der Waals surface area contributed by atoms with Crippen molar-refractivity contribution in [1.29, 1.82) is 0 Å². The van der Waals surface area contributed by atoms with Crippen LogP contribution < -0.4 is 26.2 Å². The Morgan fingerprint density at radius 3 is 1.08 bits per heavy atom. The van der Waals surface area contributed by atoms with Crippen molar-refractivity contribution in [2.24, 2.45) is 0 Å². The van der Waals surface area contributed by atoms with Gasteiger partial charge in [-0.1, -0.05) is 263 Å². The lowest BCUT2D eigenvalue weighted by Crippen LogP contribution is -2.61. The van der Waals surface area contributed by atoms with Crippen molar-refractivity contribution in [2.45, 2.75) is 181 Å². The fourth-order valence-electron chi connectivity index (χ4n) is 18.7. The van der Waals surface area contributed by atoms with Crippen LogP contribution in [0.25, 0.3) is 88.4 Å². The summed E-state index contributed by atoms with van der Waals surface area (Å²) in [6, 6.07) is 95.6. The van der Waals surface area contributed by atoms with Crippen molar-refractivity contribution in [1.82, 2.24) is 9.13 Å². The number of anilines is 6. The summed E-state index contributed by atoms with van der Waals surface area (Å²) in [4.78, 5) is 5.29. The Labute approximate surface area is 623 Å². The molecule has 4 nitrogen and oxygen atoms in total. The summed E-state index contributed by atoms with van der Waals surface area (Å²) in [6.45, 7) is 40.4. The molecule has 2 aliphatic heterocycles. The Kier molecular flexibility index (Phi) is 14.8. The second kappa shape index (κ2) is 23.2. The first-order chi connectivity index (χ1) is 49.9. The Hall–Kier alpha value is -10.1. The molecular weight excluding hydrogens is 1270 g/mol. The first-order valence-electron chi connectivity index (χ1n) is 38.7. The van der Waals surface area contributed by atoms with Gasteiger partial charge in [0.1, 0.15) is 0 Å². The SMILES string of the molecule is CC(C)(C)c1ccc2c(c1)c1ccccc1n2-c1ccc2c(c1)N(c1ccc(-c3ccc4c(c3)C(C)(C)CCC4(C)C)cc1)c1cc(-n3c4ccc(C(C)(C)C)cc4c4cc(C(C)(C)C)ccc43)cc3c1B2c1ccc(-c2ccccc2)cc1N3c1ccc(-c2ccc3c(c2)C(C)(C)CCC3(C)C)cc1. The summed E-state index contributed by atoms with van der Waals surface area (Å²) < 4.78 is 5.13. The standard InChI is InChI=1S/C100H99BN4/c1-94(2,3)68-34-46-86-76(56-68)75-25-21-22-26-85(75)104(86)73-41-45-84-90(59-73)103(72-39-29-64(30-40-72)66-32-43-80-82(54-66)100(16,17)52-50-98(80,12)13)92-61-74(105-87-47-35-69(95(4,5)6)57-77(87)78-58-70(96(7,8)9)36-48-88(78)105)60-91-93(92)101(84)83-44-33-67(62-23-19-18-20-24-62)55-89(83)102(91)71-37-27-63(28-38-71)65-31-42-79-81(53-65)99(14,15)51-49-97(79,10)11/h18-48,53-61H,49-52H2,1-17H3. The third-order valence-corrected chi connectivity index (χ3v) is 25.3. The molecule has 0 atom stereocenters. The third kappa shape index (κ3) is 10.7. The van der Waals surface area contributed by atoms with Crippen molar-refractivity contribution in [3.63, 3.8) is 0 Å². The van der Waals surface area contributed by atoms with E-state index in [2.05, 4.69) is 379 Å². The molecule has 0 saturated carbocycles. The Bertz CT molecular complexity index is 5840. The summed E-state index contributed by atoms with van der Waals surface area (Å²) in [5, 5.41) is 5.06. The summed E-state index contributed by atoms with van der Waals surface area (Å²) >= 11 is 0. The first-order valence-corrected chi connectivity index (χ1v) is 38.7. The molecule has 0 spiro atoms. The largest absolute Gasteiger partial charge is 0.311 e. The van der Waals surface area contributed by atoms with Gasteiger partial charge in [-0.15, -0.1) is 0 Å². The van der Waals surface area contributed by atoms with E-state index in [1.165, 1.54) is 164 Å². The third-order valence-electron chi connectivity index (χ3n) is 25.3. The van der Waals surface area contributed by atoms with Gasteiger partial charge in [0.25, 0.3) is 6.71 Å². The van der Waals surface area contributed by atoms with Gasteiger partial charge in [0, 0.05) is 61.4 Å². The van der Waals surface area contributed by atoms with E-state index in [0.29, 0.717) is 0 Å². The molecule has 12 aromatic carbocycles. The summed E-state index contributed by atoms with van der Waals surface area (Å²) in [7, 11) is 0. The number of hydrogen-bond donors (Lipinski definition) is 0. The molecule has 2 aromatic heterocycles. The van der Waals surface area contributed by atoms with Gasteiger partial charge in [0.05, 0.1) is 27.8 Å². The number of rotatable bonds is 7. The highest BCUT2D eigenvalue weighted by atomic mass is 15.2. The molecule has 5 heteroatoms. The zero-order valence-electron chi connectivity index (χ0n) is 64.8. The maximum absolute atomic E-state index is 2.65. The maximum atomic E-state index is 2.65. The highest BCUT2D eigenvalue weighted by Crippen LogP contribution is 2.53. The minimum absolute atomic E-state index is 0.0177. The lowest BCUT2D eigenvalue weighted by molar-refractivity contribution is 0.332. The van der Waals surface area contributed by atoms with E-state index in [1.807, 2.05) is 0 Å². The van der Waals surface area contributed by atoms with Gasteiger partial charge >= 0.3 is 0 Å². The number of nitrogens with zero attached hydrogens (tertiary/aromatic N) is 4. The molecule has 18 rings (SSSR count). The molecule has 0 saturated heterocycles. The molecular formula is C100H99BN4. The van der Waals surface area contributed by atoms with Crippen LogP contribution in [0.2, 0.25) is 0 Å². The van der Waals surface area contributed by atoms with E-state index in [4.69, 9.17) is 0 Å². The number of hydrogen-bond acceptors (Lipinski definition) is 2. The highest BCUT2D eigenvalue weighted by Gasteiger charge is 2.46. The molecule has 522 valence electrons. The van der Waals surface area contributed by atoms with Crippen LogP contribution in [0.15, 0.2) is 243 Å². The second-order valence-corrected chi connectivity index (χ2v) is 37.2. The maximum Gasteiger partial charge on any atom is 0.252 e. The van der Waals surface area contributed by atoms with Crippen LogP contribution in [-0.4, -0.2) is 15.8 Å². The minimum Gasteiger partial charge on any atom is -0.311 e. The lowest BCUT2D eigenvalue weighted by Gasteiger charge is -2.44. The van der Waals surface area contributed by atoms with E-state index in [9.17, 15) is 0 Å². The molecule has 0 bridgehead atoms. The number of benzene rings is 12. The average molecular weight is 1370 g/mol. The molecule has 0 radical (unpaired) electrons. The number of fused-ring (bicyclic) bond motifs is 12. The predicted octanol–water partition coefficient (Wildman–Crippen LogP) is 25.6. The van der Waals surface area contributed by atoms with E-state index < -0.39 is 0 Å². The molecule has 0 amide bonds. The predicted molar refractivity (Wildman–Crippen MR) is 452 cm³/mol. The zero-order chi connectivity index (χ0) is 73.0. The molecule has 4 aliphatic rings. The molecule has 0 unspecified atom stereocenters. The minimum atomic E-state index is -0.153. The van der Waals surface area contributed by atoms with Crippen LogP contribution in [-0.2, 0) is 37.9 Å². The first kappa shape index (κ1) is 66.8. The molecule has 4 heterocycles. The van der Waals surface area contributed by atoms with Crippen molar-refractivity contribution >= 4 is 101 Å². The van der Waals surface area contributed by atoms with Gasteiger partial charge in [-0.3, -0.25) is 0 Å². The van der Waals surface area contributed by atoms with Crippen LogP contribution >= 0.6 is 0 Å². The smallest absolute Gasteiger partial charge is 0.252 e. The van der Waals surface area contributed by atoms with Crippen molar-refractivity contribution in [3.8, 4) is 44.8 Å². The highest BCUT2D eigenvalue weighted by molar-refractivity contribution is 7.00. The van der Waals surface area contributed by atoms with Crippen molar-refractivity contribution < 1.29 is 0 Å². The van der Waals surface area contributed by atoms with E-state index >= 15 is 0 Å². The van der Waals surface area contributed by atoms with Gasteiger partial charge in [-0.25, -0.2) is 0 Å². The van der Waals surface area contributed by atoms with Crippen LogP contribution in [0.4, 0.5) is 34.1 Å². The van der Waals surface area contributed by atoms with E-state index in [0.717, 1.165) is 39.8 Å². The monoisotopic (exact) mass is 1370 g/mol. The Balaban J connectivity index is 0.931. The molecule has 14 aromatic rings. The van der Waals surface area contributed by atoms with Crippen LogP contribution in [0.5, 0.6) is 0 Å². The van der Waals surface area contributed by atoms with Gasteiger partial charge in [0.15, 0.2) is 0 Å². The number of para-hydroxylation sites is 1. The summed E-state index contributed by atoms with van der Waals surface area (Å²) in [6.07, 6.45) is 4.71. The molecule has 0 fully saturated rings. The zero-order valence-corrected chi connectivity index (χ0v) is 64.8. The molecule has 105 heavy (non-hydrogen) atoms. The number of aromatic nitrogens is 2. The summed E-state index contributed by atoms with van der Waals surface area (Å²) in [5.41, 5.74) is 35.2. The van der Waals surface area contributed by atoms with Crippen LogP contribution in [0.1, 0.15) is 182 Å². The lowest BCUT2D eigenvalue weighted by atomic mass is 9.33. The fourth-order valence-corrected chi connectivity index (χ4v) is 18.7. The van der Waals surface area contributed by atoms with Crippen LogP contribution in [0.3, 0.4) is 0 Å². The van der Waals surface area contributed by atoms with Crippen molar-refractivity contribution in [2.75, 3.05) is 9.80 Å². The summed E-state index contributed by atoms with van der Waals surface area (Å²) in [5.74, 6) is 0. The fraction of sp³-hybridized carbons (Fsp3) is 0.280. The topological polar surface area (TPSA) is 16.3 Å². The van der Waals surface area contributed by atoms with Crippen LogP contribution in [0, 0.1) is 0 Å². The Morgan fingerprint density at radius 1 is 0.267 bits per heavy atom. The Morgan fingerprint density at radius 2 is 0.610 bits per heavy atom. The normalized spacial score (nSPS) is 16.3. The van der Waals surface area contributed by atoms with E-state index in [1.54, 1.807) is 0 Å². The molecule has 2 aliphatic carbocycles. The quantitative estimate of drug-likeness (QED) is 0.148.